The van der Waals surface area contributed by atoms with Gasteiger partial charge in [0.2, 0.25) is 0 Å². The SMILES string of the molecule is NCC1CCCC1OCCc1ccccc1[N+](=O)[O-]. The van der Waals surface area contributed by atoms with E-state index < -0.39 is 0 Å². The highest BCUT2D eigenvalue weighted by molar-refractivity contribution is 5.39. The van der Waals surface area contributed by atoms with E-state index in [1.807, 2.05) is 6.07 Å². The van der Waals surface area contributed by atoms with Crippen LogP contribution in [0.2, 0.25) is 0 Å². The van der Waals surface area contributed by atoms with Crippen LogP contribution in [0.4, 0.5) is 5.69 Å². The Morgan fingerprint density at radius 3 is 2.89 bits per heavy atom. The van der Waals surface area contributed by atoms with E-state index in [9.17, 15) is 10.1 Å². The molecule has 104 valence electrons. The second-order valence-corrected chi connectivity index (χ2v) is 4.97. The molecule has 5 heteroatoms. The third-order valence-electron chi connectivity index (χ3n) is 3.78. The average Bonchev–Trinajstić information content (AvgIpc) is 2.86. The minimum absolute atomic E-state index is 0.174. The Morgan fingerprint density at radius 2 is 2.16 bits per heavy atom. The number of nitro groups is 1. The van der Waals surface area contributed by atoms with Crippen LogP contribution in [-0.4, -0.2) is 24.2 Å². The van der Waals surface area contributed by atoms with Crippen molar-refractivity contribution in [2.75, 3.05) is 13.2 Å². The Balaban J connectivity index is 1.87. The van der Waals surface area contributed by atoms with Gasteiger partial charge in [-0.3, -0.25) is 10.1 Å². The van der Waals surface area contributed by atoms with Crippen LogP contribution in [0.15, 0.2) is 24.3 Å². The highest BCUT2D eigenvalue weighted by Gasteiger charge is 2.26. The quantitative estimate of drug-likeness (QED) is 0.631. The van der Waals surface area contributed by atoms with Gasteiger partial charge in [-0.1, -0.05) is 24.6 Å². The molecule has 0 aliphatic heterocycles. The van der Waals surface area contributed by atoms with Gasteiger partial charge >= 0.3 is 0 Å². The number of hydrogen-bond acceptors (Lipinski definition) is 4. The second kappa shape index (κ2) is 6.63. The fourth-order valence-corrected chi connectivity index (χ4v) is 2.71. The van der Waals surface area contributed by atoms with Crippen molar-refractivity contribution in [1.82, 2.24) is 0 Å². The van der Waals surface area contributed by atoms with Gasteiger partial charge in [-0.2, -0.15) is 0 Å². The normalized spacial score (nSPS) is 22.6. The lowest BCUT2D eigenvalue weighted by atomic mass is 10.1. The molecule has 1 fully saturated rings. The number of ether oxygens (including phenoxy) is 1. The number of nitro benzene ring substituents is 1. The molecule has 2 atom stereocenters. The molecule has 2 rings (SSSR count). The molecule has 0 spiro atoms. The molecule has 0 radical (unpaired) electrons. The van der Waals surface area contributed by atoms with Crippen LogP contribution in [-0.2, 0) is 11.2 Å². The fraction of sp³-hybridized carbons (Fsp3) is 0.571. The lowest BCUT2D eigenvalue weighted by Crippen LogP contribution is -2.26. The minimum atomic E-state index is -0.340. The van der Waals surface area contributed by atoms with Crippen LogP contribution in [0.25, 0.3) is 0 Å². The summed E-state index contributed by atoms with van der Waals surface area (Å²) in [5, 5.41) is 10.9. The maximum absolute atomic E-state index is 10.9. The minimum Gasteiger partial charge on any atom is -0.378 e. The highest BCUT2D eigenvalue weighted by Crippen LogP contribution is 2.27. The Morgan fingerprint density at radius 1 is 1.37 bits per heavy atom. The molecule has 1 aromatic carbocycles. The summed E-state index contributed by atoms with van der Waals surface area (Å²) in [6, 6.07) is 6.83. The Labute approximate surface area is 112 Å². The third kappa shape index (κ3) is 3.52. The summed E-state index contributed by atoms with van der Waals surface area (Å²) < 4.78 is 5.84. The molecule has 2 unspecified atom stereocenters. The predicted molar refractivity (Wildman–Crippen MR) is 72.9 cm³/mol. The monoisotopic (exact) mass is 264 g/mol. The summed E-state index contributed by atoms with van der Waals surface area (Å²) >= 11 is 0. The van der Waals surface area contributed by atoms with E-state index in [0.29, 0.717) is 25.5 Å². The van der Waals surface area contributed by atoms with Gasteiger partial charge in [-0.05, 0) is 25.3 Å². The summed E-state index contributed by atoms with van der Waals surface area (Å²) in [6.45, 7) is 1.18. The molecule has 19 heavy (non-hydrogen) atoms. The second-order valence-electron chi connectivity index (χ2n) is 4.97. The maximum atomic E-state index is 10.9. The van der Waals surface area contributed by atoms with Crippen molar-refractivity contribution >= 4 is 5.69 Å². The van der Waals surface area contributed by atoms with Crippen molar-refractivity contribution in [3.8, 4) is 0 Å². The summed E-state index contributed by atoms with van der Waals surface area (Å²) in [7, 11) is 0. The molecule has 1 aliphatic rings. The van der Waals surface area contributed by atoms with Gasteiger partial charge in [0.05, 0.1) is 17.6 Å². The summed E-state index contributed by atoms with van der Waals surface area (Å²) in [4.78, 5) is 10.5. The molecular formula is C14H20N2O3. The molecule has 1 aliphatic carbocycles. The van der Waals surface area contributed by atoms with Crippen molar-refractivity contribution in [1.29, 1.82) is 0 Å². The standard InChI is InChI=1S/C14H20N2O3/c15-10-12-5-3-7-14(12)19-9-8-11-4-1-2-6-13(11)16(17)18/h1-2,4,6,12,14H,3,5,7-10,15H2. The van der Waals surface area contributed by atoms with E-state index >= 15 is 0 Å². The van der Waals surface area contributed by atoms with Crippen molar-refractivity contribution < 1.29 is 9.66 Å². The zero-order valence-electron chi connectivity index (χ0n) is 11.0. The lowest BCUT2D eigenvalue weighted by molar-refractivity contribution is -0.385. The fourth-order valence-electron chi connectivity index (χ4n) is 2.71. The topological polar surface area (TPSA) is 78.4 Å². The van der Waals surface area contributed by atoms with Gasteiger partial charge in [-0.25, -0.2) is 0 Å². The summed E-state index contributed by atoms with van der Waals surface area (Å²) in [6.07, 6.45) is 4.15. The van der Waals surface area contributed by atoms with Crippen LogP contribution < -0.4 is 5.73 Å². The van der Waals surface area contributed by atoms with E-state index in [-0.39, 0.29) is 16.7 Å². The zero-order chi connectivity index (χ0) is 13.7. The average molecular weight is 264 g/mol. The maximum Gasteiger partial charge on any atom is 0.272 e. The largest absolute Gasteiger partial charge is 0.378 e. The van der Waals surface area contributed by atoms with Gasteiger partial charge in [-0.15, -0.1) is 0 Å². The van der Waals surface area contributed by atoms with Gasteiger partial charge in [0.1, 0.15) is 0 Å². The molecule has 0 aromatic heterocycles. The predicted octanol–water partition coefficient (Wildman–Crippen LogP) is 2.28. The van der Waals surface area contributed by atoms with Crippen LogP contribution >= 0.6 is 0 Å². The number of hydrogen-bond donors (Lipinski definition) is 1. The number of nitrogens with zero attached hydrogens (tertiary/aromatic N) is 1. The Hall–Kier alpha value is -1.46. The van der Waals surface area contributed by atoms with E-state index in [2.05, 4.69) is 0 Å². The first-order valence-electron chi connectivity index (χ1n) is 6.76. The van der Waals surface area contributed by atoms with E-state index in [4.69, 9.17) is 10.5 Å². The van der Waals surface area contributed by atoms with E-state index in [1.54, 1.807) is 12.1 Å². The van der Waals surface area contributed by atoms with Gasteiger partial charge in [0.15, 0.2) is 0 Å². The molecule has 0 saturated heterocycles. The van der Waals surface area contributed by atoms with E-state index in [0.717, 1.165) is 24.8 Å². The molecule has 1 saturated carbocycles. The first-order valence-corrected chi connectivity index (χ1v) is 6.76. The summed E-state index contributed by atoms with van der Waals surface area (Å²) in [5.41, 5.74) is 6.61. The first-order chi connectivity index (χ1) is 9.22. The molecule has 0 heterocycles. The number of benzene rings is 1. The smallest absolute Gasteiger partial charge is 0.272 e. The van der Waals surface area contributed by atoms with Crippen molar-refractivity contribution in [3.63, 3.8) is 0 Å². The van der Waals surface area contributed by atoms with Gasteiger partial charge in [0.25, 0.3) is 5.69 Å². The highest BCUT2D eigenvalue weighted by atomic mass is 16.6. The summed E-state index contributed by atoms with van der Waals surface area (Å²) in [5.74, 6) is 0.450. The molecule has 5 nitrogen and oxygen atoms in total. The lowest BCUT2D eigenvalue weighted by Gasteiger charge is -2.18. The Kier molecular flexibility index (Phi) is 4.87. The Bertz CT molecular complexity index is 436. The zero-order valence-corrected chi connectivity index (χ0v) is 11.0. The van der Waals surface area contributed by atoms with Crippen LogP contribution in [0.5, 0.6) is 0 Å². The number of rotatable bonds is 6. The number of para-hydroxylation sites is 1. The third-order valence-corrected chi connectivity index (χ3v) is 3.78. The van der Waals surface area contributed by atoms with E-state index in [1.165, 1.54) is 6.07 Å². The molecule has 0 bridgehead atoms. The number of nitrogens with two attached hydrogens (primary N) is 1. The van der Waals surface area contributed by atoms with Crippen molar-refractivity contribution in [3.05, 3.63) is 39.9 Å². The molecule has 0 amide bonds. The van der Waals surface area contributed by atoms with Crippen LogP contribution in [0.1, 0.15) is 24.8 Å². The van der Waals surface area contributed by atoms with Gasteiger partial charge in [0, 0.05) is 18.1 Å². The van der Waals surface area contributed by atoms with Crippen molar-refractivity contribution in [2.45, 2.75) is 31.8 Å². The molecule has 2 N–H and O–H groups in total. The first kappa shape index (κ1) is 14.0. The van der Waals surface area contributed by atoms with Crippen LogP contribution in [0.3, 0.4) is 0 Å². The van der Waals surface area contributed by atoms with Gasteiger partial charge < -0.3 is 10.5 Å². The molecule has 1 aromatic rings. The van der Waals surface area contributed by atoms with Crippen molar-refractivity contribution in [2.24, 2.45) is 11.7 Å². The van der Waals surface area contributed by atoms with Crippen LogP contribution in [0, 0.1) is 16.0 Å². The molecular weight excluding hydrogens is 244 g/mol.